The number of carbonyl (C=O) groups is 1. The van der Waals surface area contributed by atoms with Crippen molar-refractivity contribution in [1.82, 2.24) is 9.88 Å². The maximum Gasteiger partial charge on any atom is 0.270 e. The summed E-state index contributed by atoms with van der Waals surface area (Å²) < 4.78 is 11.2. The third kappa shape index (κ3) is 3.50. The van der Waals surface area contributed by atoms with Crippen molar-refractivity contribution in [2.24, 2.45) is 0 Å². The zero-order valence-electron chi connectivity index (χ0n) is 13.8. The van der Waals surface area contributed by atoms with E-state index in [0.717, 1.165) is 36.1 Å². The number of aromatic amines is 1. The second kappa shape index (κ2) is 7.04. The van der Waals surface area contributed by atoms with Crippen LogP contribution < -0.4 is 4.74 Å². The number of ether oxygens (including phenoxy) is 2. The number of benzene rings is 1. The van der Waals surface area contributed by atoms with E-state index in [1.807, 2.05) is 43.0 Å². The van der Waals surface area contributed by atoms with Gasteiger partial charge in [-0.3, -0.25) is 4.79 Å². The molecule has 5 nitrogen and oxygen atoms in total. The number of hydrogen-bond donors (Lipinski definition) is 1. The summed E-state index contributed by atoms with van der Waals surface area (Å²) in [6.45, 7) is 6.74. The van der Waals surface area contributed by atoms with Crippen molar-refractivity contribution in [2.75, 3.05) is 26.3 Å². The molecule has 0 bridgehead atoms. The van der Waals surface area contributed by atoms with Gasteiger partial charge in [-0.2, -0.15) is 0 Å². The highest BCUT2D eigenvalue weighted by Crippen LogP contribution is 2.23. The first-order valence-corrected chi connectivity index (χ1v) is 8.37. The normalized spacial score (nSPS) is 17.6. The first-order chi connectivity index (χ1) is 11.2. The summed E-state index contributed by atoms with van der Waals surface area (Å²) in [7, 11) is 0. The Hall–Kier alpha value is -2.01. The van der Waals surface area contributed by atoms with Crippen LogP contribution in [-0.2, 0) is 4.74 Å². The number of nitrogens with one attached hydrogen (secondary N) is 1. The molecule has 1 aliphatic heterocycles. The number of fused-ring (bicyclic) bond motifs is 1. The van der Waals surface area contributed by atoms with E-state index in [4.69, 9.17) is 9.47 Å². The van der Waals surface area contributed by atoms with Gasteiger partial charge in [0.15, 0.2) is 0 Å². The molecule has 1 aromatic heterocycles. The van der Waals surface area contributed by atoms with Gasteiger partial charge >= 0.3 is 0 Å². The van der Waals surface area contributed by atoms with Crippen LogP contribution >= 0.6 is 0 Å². The van der Waals surface area contributed by atoms with Crippen LogP contribution in [0.2, 0.25) is 0 Å². The van der Waals surface area contributed by atoms with Crippen molar-refractivity contribution in [3.63, 3.8) is 0 Å². The molecule has 1 N–H and O–H groups in total. The zero-order valence-corrected chi connectivity index (χ0v) is 13.8. The molecule has 0 radical (unpaired) electrons. The van der Waals surface area contributed by atoms with Gasteiger partial charge in [0.1, 0.15) is 11.4 Å². The van der Waals surface area contributed by atoms with Crippen LogP contribution in [0.4, 0.5) is 0 Å². The summed E-state index contributed by atoms with van der Waals surface area (Å²) in [5.74, 6) is 0.838. The average molecular weight is 316 g/mol. The SMILES string of the molecule is CCOc1ccc2cc(C(=O)N(CC)C[C@@H]3CCCO3)[nH]c2c1. The van der Waals surface area contributed by atoms with Crippen molar-refractivity contribution >= 4 is 16.8 Å². The minimum absolute atomic E-state index is 0.0251. The molecule has 1 fully saturated rings. The van der Waals surface area contributed by atoms with Gasteiger partial charge in [0.05, 0.1) is 12.7 Å². The predicted molar refractivity (Wildman–Crippen MR) is 90.0 cm³/mol. The lowest BCUT2D eigenvalue weighted by atomic mass is 10.2. The molecule has 0 spiro atoms. The van der Waals surface area contributed by atoms with E-state index in [9.17, 15) is 4.79 Å². The summed E-state index contributed by atoms with van der Waals surface area (Å²) in [6.07, 6.45) is 2.30. The number of nitrogens with zero attached hydrogens (tertiary/aromatic N) is 1. The Balaban J connectivity index is 1.78. The third-order valence-corrected chi connectivity index (χ3v) is 4.25. The lowest BCUT2D eigenvalue weighted by Crippen LogP contribution is -2.37. The van der Waals surface area contributed by atoms with E-state index in [1.165, 1.54) is 0 Å². The summed E-state index contributed by atoms with van der Waals surface area (Å²) >= 11 is 0. The molecule has 1 aliphatic rings. The predicted octanol–water partition coefficient (Wildman–Crippen LogP) is 3.21. The molecule has 2 aromatic rings. The molecule has 1 saturated heterocycles. The summed E-state index contributed by atoms with van der Waals surface area (Å²) in [5.41, 5.74) is 1.54. The maximum absolute atomic E-state index is 12.8. The van der Waals surface area contributed by atoms with Crippen molar-refractivity contribution in [1.29, 1.82) is 0 Å². The molecule has 3 rings (SSSR count). The number of carbonyl (C=O) groups excluding carboxylic acids is 1. The molecule has 1 atom stereocenters. The molecule has 124 valence electrons. The Kier molecular flexibility index (Phi) is 4.86. The second-order valence-electron chi connectivity index (χ2n) is 5.84. The quantitative estimate of drug-likeness (QED) is 0.890. The van der Waals surface area contributed by atoms with Gasteiger partial charge in [-0.05, 0) is 44.9 Å². The van der Waals surface area contributed by atoms with Crippen molar-refractivity contribution in [3.05, 3.63) is 30.0 Å². The van der Waals surface area contributed by atoms with E-state index in [1.54, 1.807) is 0 Å². The monoisotopic (exact) mass is 316 g/mol. The summed E-state index contributed by atoms with van der Waals surface area (Å²) in [4.78, 5) is 17.8. The molecule has 5 heteroatoms. The number of aromatic nitrogens is 1. The van der Waals surface area contributed by atoms with E-state index >= 15 is 0 Å². The fraction of sp³-hybridized carbons (Fsp3) is 0.500. The van der Waals surface area contributed by atoms with Crippen molar-refractivity contribution in [3.8, 4) is 5.75 Å². The largest absolute Gasteiger partial charge is 0.494 e. The molecule has 1 aromatic carbocycles. The first-order valence-electron chi connectivity index (χ1n) is 8.37. The van der Waals surface area contributed by atoms with Gasteiger partial charge in [0, 0.05) is 36.7 Å². The van der Waals surface area contributed by atoms with Crippen LogP contribution in [0.15, 0.2) is 24.3 Å². The minimum Gasteiger partial charge on any atom is -0.494 e. The maximum atomic E-state index is 12.8. The molecule has 1 amide bonds. The third-order valence-electron chi connectivity index (χ3n) is 4.25. The van der Waals surface area contributed by atoms with Gasteiger partial charge in [-0.25, -0.2) is 0 Å². The Morgan fingerprint density at radius 3 is 2.96 bits per heavy atom. The number of hydrogen-bond acceptors (Lipinski definition) is 3. The van der Waals surface area contributed by atoms with Crippen LogP contribution in [0.3, 0.4) is 0 Å². The van der Waals surface area contributed by atoms with E-state index < -0.39 is 0 Å². The van der Waals surface area contributed by atoms with E-state index in [0.29, 0.717) is 25.4 Å². The topological polar surface area (TPSA) is 54.6 Å². The zero-order chi connectivity index (χ0) is 16.2. The van der Waals surface area contributed by atoms with Crippen LogP contribution in [-0.4, -0.2) is 48.2 Å². The molecule has 0 unspecified atom stereocenters. The van der Waals surface area contributed by atoms with Gasteiger partial charge in [0.2, 0.25) is 0 Å². The van der Waals surface area contributed by atoms with Crippen LogP contribution in [0.5, 0.6) is 5.75 Å². The molecule has 0 aliphatic carbocycles. The number of H-pyrrole nitrogens is 1. The van der Waals surface area contributed by atoms with Crippen LogP contribution in [0.25, 0.3) is 10.9 Å². The molecule has 2 heterocycles. The summed E-state index contributed by atoms with van der Waals surface area (Å²) in [6, 6.07) is 7.75. The van der Waals surface area contributed by atoms with Gasteiger partial charge in [-0.15, -0.1) is 0 Å². The van der Waals surface area contributed by atoms with E-state index in [2.05, 4.69) is 4.98 Å². The highest BCUT2D eigenvalue weighted by molar-refractivity contribution is 5.98. The van der Waals surface area contributed by atoms with Crippen molar-refractivity contribution < 1.29 is 14.3 Å². The first kappa shape index (κ1) is 15.9. The lowest BCUT2D eigenvalue weighted by molar-refractivity contribution is 0.0535. The highest BCUT2D eigenvalue weighted by Gasteiger charge is 2.23. The van der Waals surface area contributed by atoms with E-state index in [-0.39, 0.29) is 12.0 Å². The average Bonchev–Trinajstić information content (AvgIpc) is 3.21. The number of likely N-dealkylation sites (N-methyl/N-ethyl adjacent to an activating group) is 1. The molecule has 23 heavy (non-hydrogen) atoms. The Morgan fingerprint density at radius 2 is 2.26 bits per heavy atom. The molecular formula is C18H24N2O3. The lowest BCUT2D eigenvalue weighted by Gasteiger charge is -2.23. The van der Waals surface area contributed by atoms with Gasteiger partial charge in [0.25, 0.3) is 5.91 Å². The van der Waals surface area contributed by atoms with Gasteiger partial charge in [-0.1, -0.05) is 0 Å². The Labute approximate surface area is 136 Å². The fourth-order valence-corrected chi connectivity index (χ4v) is 3.04. The second-order valence-corrected chi connectivity index (χ2v) is 5.84. The minimum atomic E-state index is 0.0251. The smallest absolute Gasteiger partial charge is 0.270 e. The summed E-state index contributed by atoms with van der Waals surface area (Å²) in [5, 5.41) is 1.02. The Bertz CT molecular complexity index is 674. The molecular weight excluding hydrogens is 292 g/mol. The number of rotatable bonds is 6. The highest BCUT2D eigenvalue weighted by atomic mass is 16.5. The number of amides is 1. The fourth-order valence-electron chi connectivity index (χ4n) is 3.04. The van der Waals surface area contributed by atoms with Crippen LogP contribution in [0.1, 0.15) is 37.2 Å². The molecule has 0 saturated carbocycles. The van der Waals surface area contributed by atoms with Crippen LogP contribution in [0, 0.1) is 0 Å². The standard InChI is InChI=1S/C18H24N2O3/c1-3-20(12-15-6-5-9-23-15)18(21)17-10-13-7-8-14(22-4-2)11-16(13)19-17/h7-8,10-11,15,19H,3-6,9,12H2,1-2H3/t15-/m0/s1. The van der Waals surface area contributed by atoms with Crippen molar-refractivity contribution in [2.45, 2.75) is 32.8 Å². The van der Waals surface area contributed by atoms with Gasteiger partial charge < -0.3 is 19.4 Å². The Morgan fingerprint density at radius 1 is 1.39 bits per heavy atom.